The molecular weight excluding hydrogens is 360 g/mol. The number of rotatable bonds is 4. The van der Waals surface area contributed by atoms with Gasteiger partial charge in [0.25, 0.3) is 0 Å². The number of Topliss-reactive ketones (excluding diaryl/α,β-unsaturated/α-hetero) is 1. The molecule has 4 heteroatoms. The van der Waals surface area contributed by atoms with Gasteiger partial charge < -0.3 is 10.3 Å². The first kappa shape index (κ1) is 17.2. The number of fused-ring (bicyclic) bond motifs is 2. The van der Waals surface area contributed by atoms with Crippen LogP contribution < -0.4 is 5.73 Å². The SMILES string of the molecule is Nc1noc2cccc(-c3ccc4c(C(=O)Cc5ccccc5)cccc4c3)c12. The Hall–Kier alpha value is -3.92. The van der Waals surface area contributed by atoms with Gasteiger partial charge in [0, 0.05) is 12.0 Å². The van der Waals surface area contributed by atoms with E-state index in [-0.39, 0.29) is 5.78 Å². The number of anilines is 1. The number of carbonyl (C=O) groups is 1. The summed E-state index contributed by atoms with van der Waals surface area (Å²) in [5.74, 6) is 0.488. The van der Waals surface area contributed by atoms with E-state index in [0.29, 0.717) is 17.8 Å². The van der Waals surface area contributed by atoms with Crippen molar-refractivity contribution in [1.82, 2.24) is 5.16 Å². The van der Waals surface area contributed by atoms with Crippen LogP contribution in [-0.4, -0.2) is 10.9 Å². The minimum atomic E-state index is 0.111. The van der Waals surface area contributed by atoms with Gasteiger partial charge in [0.2, 0.25) is 0 Å². The molecule has 0 aliphatic carbocycles. The van der Waals surface area contributed by atoms with Crippen molar-refractivity contribution in [3.8, 4) is 11.1 Å². The Bertz CT molecular complexity index is 1350. The zero-order valence-corrected chi connectivity index (χ0v) is 15.6. The number of aromatic nitrogens is 1. The lowest BCUT2D eigenvalue weighted by Gasteiger charge is -2.09. The number of benzene rings is 4. The van der Waals surface area contributed by atoms with Gasteiger partial charge >= 0.3 is 0 Å². The average molecular weight is 378 g/mol. The largest absolute Gasteiger partial charge is 0.380 e. The van der Waals surface area contributed by atoms with Gasteiger partial charge in [-0.05, 0) is 39.6 Å². The summed E-state index contributed by atoms with van der Waals surface area (Å²) in [6.07, 6.45) is 0.387. The Morgan fingerprint density at radius 2 is 1.72 bits per heavy atom. The minimum Gasteiger partial charge on any atom is -0.380 e. The molecule has 4 nitrogen and oxygen atoms in total. The lowest BCUT2D eigenvalue weighted by Crippen LogP contribution is -2.04. The number of hydrogen-bond donors (Lipinski definition) is 1. The molecule has 29 heavy (non-hydrogen) atoms. The summed E-state index contributed by atoms with van der Waals surface area (Å²) < 4.78 is 5.29. The van der Waals surface area contributed by atoms with E-state index in [2.05, 4.69) is 11.2 Å². The number of nitrogens with zero attached hydrogens (tertiary/aromatic N) is 1. The van der Waals surface area contributed by atoms with Crippen molar-refractivity contribution in [3.05, 3.63) is 96.1 Å². The second-order valence-electron chi connectivity index (χ2n) is 7.07. The number of ketones is 1. The van der Waals surface area contributed by atoms with Crippen LogP contribution in [0.4, 0.5) is 5.82 Å². The molecule has 0 aliphatic rings. The van der Waals surface area contributed by atoms with E-state index < -0.39 is 0 Å². The molecule has 1 aromatic heterocycles. The first-order valence-electron chi connectivity index (χ1n) is 9.45. The Kier molecular flexibility index (Phi) is 4.10. The number of hydrogen-bond acceptors (Lipinski definition) is 4. The molecule has 0 aliphatic heterocycles. The quantitative estimate of drug-likeness (QED) is 0.410. The van der Waals surface area contributed by atoms with Crippen LogP contribution in [0, 0.1) is 0 Å². The molecule has 5 rings (SSSR count). The van der Waals surface area contributed by atoms with Crippen LogP contribution in [0.25, 0.3) is 32.9 Å². The Morgan fingerprint density at radius 1 is 0.897 bits per heavy atom. The molecule has 0 unspecified atom stereocenters. The van der Waals surface area contributed by atoms with Crippen molar-refractivity contribution in [2.24, 2.45) is 0 Å². The fraction of sp³-hybridized carbons (Fsp3) is 0.0400. The normalized spacial score (nSPS) is 11.2. The number of carbonyl (C=O) groups excluding carboxylic acids is 1. The molecule has 0 saturated heterocycles. The summed E-state index contributed by atoms with van der Waals surface area (Å²) in [4.78, 5) is 12.9. The van der Waals surface area contributed by atoms with Crippen molar-refractivity contribution >= 4 is 33.3 Å². The van der Waals surface area contributed by atoms with E-state index in [0.717, 1.165) is 38.4 Å². The third-order valence-corrected chi connectivity index (χ3v) is 5.22. The van der Waals surface area contributed by atoms with E-state index in [1.54, 1.807) is 0 Å². The highest BCUT2D eigenvalue weighted by molar-refractivity contribution is 6.10. The number of nitrogens with two attached hydrogens (primary N) is 1. The van der Waals surface area contributed by atoms with Crippen molar-refractivity contribution in [2.75, 3.05) is 5.73 Å². The van der Waals surface area contributed by atoms with Gasteiger partial charge in [-0.1, -0.05) is 78.0 Å². The molecule has 140 valence electrons. The van der Waals surface area contributed by atoms with Gasteiger partial charge in [0.05, 0.1) is 5.39 Å². The fourth-order valence-corrected chi connectivity index (χ4v) is 3.83. The molecule has 0 radical (unpaired) electrons. The molecule has 0 atom stereocenters. The van der Waals surface area contributed by atoms with Crippen molar-refractivity contribution in [2.45, 2.75) is 6.42 Å². The fourth-order valence-electron chi connectivity index (χ4n) is 3.83. The standard InChI is InChI=1S/C25H18N2O2/c26-25-24-20(9-5-11-23(24)29-27-25)18-12-13-19-17(15-18)8-4-10-21(19)22(28)14-16-6-2-1-3-7-16/h1-13,15H,14H2,(H2,26,27). The highest BCUT2D eigenvalue weighted by Gasteiger charge is 2.14. The predicted molar refractivity (Wildman–Crippen MR) is 116 cm³/mol. The van der Waals surface area contributed by atoms with E-state index in [1.807, 2.05) is 78.9 Å². The summed E-state index contributed by atoms with van der Waals surface area (Å²) in [6.45, 7) is 0. The maximum absolute atomic E-state index is 12.9. The molecule has 0 bridgehead atoms. The van der Waals surface area contributed by atoms with Gasteiger partial charge in [0.1, 0.15) is 0 Å². The Labute approximate surface area is 167 Å². The van der Waals surface area contributed by atoms with Crippen LogP contribution in [-0.2, 0) is 6.42 Å². The summed E-state index contributed by atoms with van der Waals surface area (Å²) in [5, 5.41) is 6.64. The maximum Gasteiger partial charge on any atom is 0.175 e. The lowest BCUT2D eigenvalue weighted by atomic mass is 9.94. The molecule has 2 N–H and O–H groups in total. The third kappa shape index (κ3) is 3.05. The Balaban J connectivity index is 1.58. The summed E-state index contributed by atoms with van der Waals surface area (Å²) in [5.41, 5.74) is 10.4. The molecule has 0 spiro atoms. The van der Waals surface area contributed by atoms with Crippen molar-refractivity contribution in [3.63, 3.8) is 0 Å². The van der Waals surface area contributed by atoms with E-state index in [9.17, 15) is 4.79 Å². The molecule has 1 heterocycles. The van der Waals surface area contributed by atoms with Gasteiger partial charge in [-0.25, -0.2) is 0 Å². The van der Waals surface area contributed by atoms with Crippen molar-refractivity contribution < 1.29 is 9.32 Å². The molecule has 4 aromatic carbocycles. The average Bonchev–Trinajstić information content (AvgIpc) is 3.14. The van der Waals surface area contributed by atoms with Gasteiger partial charge in [0.15, 0.2) is 17.2 Å². The van der Waals surface area contributed by atoms with E-state index in [4.69, 9.17) is 10.3 Å². The molecule has 0 saturated carbocycles. The van der Waals surface area contributed by atoms with E-state index >= 15 is 0 Å². The lowest BCUT2D eigenvalue weighted by molar-refractivity contribution is 0.0994. The van der Waals surface area contributed by atoms with Crippen LogP contribution in [0.5, 0.6) is 0 Å². The van der Waals surface area contributed by atoms with Gasteiger partial charge in [-0.2, -0.15) is 0 Å². The monoisotopic (exact) mass is 378 g/mol. The van der Waals surface area contributed by atoms with Gasteiger partial charge in [-0.3, -0.25) is 4.79 Å². The highest BCUT2D eigenvalue weighted by atomic mass is 16.5. The van der Waals surface area contributed by atoms with Crippen LogP contribution in [0.2, 0.25) is 0 Å². The van der Waals surface area contributed by atoms with Gasteiger partial charge in [-0.15, -0.1) is 0 Å². The second-order valence-corrected chi connectivity index (χ2v) is 7.07. The molecule has 0 fully saturated rings. The zero-order valence-electron chi connectivity index (χ0n) is 15.6. The smallest absolute Gasteiger partial charge is 0.175 e. The van der Waals surface area contributed by atoms with E-state index in [1.165, 1.54) is 0 Å². The summed E-state index contributed by atoms with van der Waals surface area (Å²) in [7, 11) is 0. The number of nitrogen functional groups attached to an aromatic ring is 1. The minimum absolute atomic E-state index is 0.111. The van der Waals surface area contributed by atoms with Crippen LogP contribution >= 0.6 is 0 Å². The van der Waals surface area contributed by atoms with Crippen LogP contribution in [0.1, 0.15) is 15.9 Å². The van der Waals surface area contributed by atoms with Crippen LogP contribution in [0.15, 0.2) is 89.5 Å². The molecule has 5 aromatic rings. The first-order chi connectivity index (χ1) is 14.2. The Morgan fingerprint density at radius 3 is 2.59 bits per heavy atom. The maximum atomic E-state index is 12.9. The molecular formula is C25H18N2O2. The van der Waals surface area contributed by atoms with Crippen molar-refractivity contribution in [1.29, 1.82) is 0 Å². The second kappa shape index (κ2) is 6.91. The molecule has 0 amide bonds. The highest BCUT2D eigenvalue weighted by Crippen LogP contribution is 2.34. The summed E-state index contributed by atoms with van der Waals surface area (Å²) >= 11 is 0. The first-order valence-corrected chi connectivity index (χ1v) is 9.45. The summed E-state index contributed by atoms with van der Waals surface area (Å²) in [6, 6.07) is 27.5. The van der Waals surface area contributed by atoms with Crippen LogP contribution in [0.3, 0.4) is 0 Å². The predicted octanol–water partition coefficient (Wildman–Crippen LogP) is 5.66. The zero-order chi connectivity index (χ0) is 19.8. The third-order valence-electron chi connectivity index (χ3n) is 5.22. The topological polar surface area (TPSA) is 69.1 Å².